The van der Waals surface area contributed by atoms with Crippen LogP contribution in [-0.2, 0) is 10.8 Å². The molecule has 2 atom stereocenters. The van der Waals surface area contributed by atoms with Gasteiger partial charge in [-0.25, -0.2) is 0 Å². The number of benzene rings is 1. The van der Waals surface area contributed by atoms with E-state index in [9.17, 15) is 4.21 Å². The summed E-state index contributed by atoms with van der Waals surface area (Å²) >= 11 is 3.35. The van der Waals surface area contributed by atoms with E-state index >= 15 is 0 Å². The molecular weight excluding hydrogens is 300 g/mol. The van der Waals surface area contributed by atoms with Crippen LogP contribution in [0.4, 0.5) is 5.69 Å². The lowest BCUT2D eigenvalue weighted by Gasteiger charge is -2.15. The fourth-order valence-electron chi connectivity index (χ4n) is 1.39. The molecule has 0 spiro atoms. The summed E-state index contributed by atoms with van der Waals surface area (Å²) in [7, 11) is -0.746. The molecule has 1 aromatic rings. The molecule has 3 nitrogen and oxygen atoms in total. The summed E-state index contributed by atoms with van der Waals surface area (Å²) in [5.74, 6) is 0.700. The molecule has 0 bridgehead atoms. The number of nitrogens with one attached hydrogen (secondary N) is 1. The van der Waals surface area contributed by atoms with Crippen molar-refractivity contribution < 1.29 is 4.21 Å². The van der Waals surface area contributed by atoms with Gasteiger partial charge in [-0.15, -0.1) is 0 Å². The highest BCUT2D eigenvalue weighted by Gasteiger charge is 2.05. The monoisotopic (exact) mass is 314 g/mol. The summed E-state index contributed by atoms with van der Waals surface area (Å²) in [4.78, 5) is 0. The van der Waals surface area contributed by atoms with Gasteiger partial charge in [-0.3, -0.25) is 4.21 Å². The van der Waals surface area contributed by atoms with E-state index in [1.54, 1.807) is 12.3 Å². The fourth-order valence-corrected chi connectivity index (χ4v) is 2.55. The molecule has 0 aliphatic rings. The number of hydrogen-bond acceptors (Lipinski definition) is 3. The van der Waals surface area contributed by atoms with Gasteiger partial charge in [0, 0.05) is 39.0 Å². The SMILES string of the molecule is CC(CCS(C)=O)Nc1ccc(C#N)c(Br)c1. The molecule has 1 rings (SSSR count). The van der Waals surface area contributed by atoms with Gasteiger partial charge in [0.15, 0.2) is 0 Å². The molecule has 92 valence electrons. The van der Waals surface area contributed by atoms with Gasteiger partial charge in [-0.05, 0) is 47.5 Å². The van der Waals surface area contributed by atoms with Crippen LogP contribution < -0.4 is 5.32 Å². The molecule has 0 radical (unpaired) electrons. The van der Waals surface area contributed by atoms with Gasteiger partial charge in [-0.1, -0.05) is 0 Å². The Balaban J connectivity index is 2.60. The van der Waals surface area contributed by atoms with Crippen LogP contribution in [0.5, 0.6) is 0 Å². The molecule has 1 aromatic carbocycles. The highest BCUT2D eigenvalue weighted by Crippen LogP contribution is 2.21. The second-order valence-corrected chi connectivity index (χ2v) is 6.33. The lowest BCUT2D eigenvalue weighted by atomic mass is 10.2. The molecular formula is C12H15BrN2OS. The van der Waals surface area contributed by atoms with E-state index in [1.807, 2.05) is 12.1 Å². The first-order valence-electron chi connectivity index (χ1n) is 5.29. The Hall–Kier alpha value is -0.860. The van der Waals surface area contributed by atoms with Crippen molar-refractivity contribution in [3.63, 3.8) is 0 Å². The standard InChI is InChI=1S/C12H15BrN2OS/c1-9(5-6-17(2)16)15-11-4-3-10(8-14)12(13)7-11/h3-4,7,9,15H,5-6H2,1-2H3. The van der Waals surface area contributed by atoms with Crippen LogP contribution in [0, 0.1) is 11.3 Å². The van der Waals surface area contributed by atoms with Crippen molar-refractivity contribution in [3.8, 4) is 6.07 Å². The minimum absolute atomic E-state index is 0.263. The maximum Gasteiger partial charge on any atom is 0.100 e. The van der Waals surface area contributed by atoms with Crippen LogP contribution in [0.3, 0.4) is 0 Å². The summed E-state index contributed by atoms with van der Waals surface area (Å²) < 4.78 is 11.8. The van der Waals surface area contributed by atoms with E-state index < -0.39 is 10.8 Å². The lowest BCUT2D eigenvalue weighted by molar-refractivity contribution is 0.678. The van der Waals surface area contributed by atoms with Crippen molar-refractivity contribution in [1.82, 2.24) is 0 Å². The highest BCUT2D eigenvalue weighted by atomic mass is 79.9. The Bertz CT molecular complexity index is 456. The number of hydrogen-bond donors (Lipinski definition) is 1. The predicted octanol–water partition coefficient (Wildman–Crippen LogP) is 2.89. The molecule has 0 aliphatic carbocycles. The van der Waals surface area contributed by atoms with Crippen LogP contribution in [-0.4, -0.2) is 22.3 Å². The summed E-state index contributed by atoms with van der Waals surface area (Å²) in [5.41, 5.74) is 1.59. The Morgan fingerprint density at radius 1 is 1.59 bits per heavy atom. The van der Waals surface area contributed by atoms with Crippen LogP contribution in [0.25, 0.3) is 0 Å². The molecule has 0 fully saturated rings. The van der Waals surface area contributed by atoms with Crippen molar-refractivity contribution in [1.29, 1.82) is 5.26 Å². The first-order chi connectivity index (χ1) is 8.02. The molecule has 0 amide bonds. The van der Waals surface area contributed by atoms with E-state index in [4.69, 9.17) is 5.26 Å². The average molecular weight is 315 g/mol. The number of halogens is 1. The molecule has 0 heterocycles. The molecule has 0 saturated heterocycles. The zero-order chi connectivity index (χ0) is 12.8. The largest absolute Gasteiger partial charge is 0.383 e. The van der Waals surface area contributed by atoms with Crippen molar-refractivity contribution >= 4 is 32.4 Å². The summed E-state index contributed by atoms with van der Waals surface area (Å²) in [6, 6.07) is 7.90. The average Bonchev–Trinajstić information content (AvgIpc) is 2.26. The Labute approximate surface area is 113 Å². The number of nitriles is 1. The van der Waals surface area contributed by atoms with Gasteiger partial charge < -0.3 is 5.32 Å². The summed E-state index contributed by atoms with van der Waals surface area (Å²) in [6.07, 6.45) is 2.58. The Morgan fingerprint density at radius 2 is 2.29 bits per heavy atom. The maximum absolute atomic E-state index is 11.0. The molecule has 0 saturated carbocycles. The highest BCUT2D eigenvalue weighted by molar-refractivity contribution is 9.10. The van der Waals surface area contributed by atoms with Crippen LogP contribution in [0.2, 0.25) is 0 Å². The van der Waals surface area contributed by atoms with Crippen LogP contribution in [0.1, 0.15) is 18.9 Å². The minimum Gasteiger partial charge on any atom is -0.383 e. The van der Waals surface area contributed by atoms with Crippen molar-refractivity contribution in [2.75, 3.05) is 17.3 Å². The van der Waals surface area contributed by atoms with Gasteiger partial charge in [-0.2, -0.15) is 5.26 Å². The molecule has 5 heteroatoms. The van der Waals surface area contributed by atoms with Crippen LogP contribution in [0.15, 0.2) is 22.7 Å². The Morgan fingerprint density at radius 3 is 2.82 bits per heavy atom. The topological polar surface area (TPSA) is 52.9 Å². The first kappa shape index (κ1) is 14.2. The van der Waals surface area contributed by atoms with Gasteiger partial charge in [0.2, 0.25) is 0 Å². The van der Waals surface area contributed by atoms with Crippen molar-refractivity contribution in [2.45, 2.75) is 19.4 Å². The molecule has 0 aromatic heterocycles. The van der Waals surface area contributed by atoms with E-state index in [0.717, 1.165) is 16.6 Å². The number of nitrogens with zero attached hydrogens (tertiary/aromatic N) is 1. The first-order valence-corrected chi connectivity index (χ1v) is 7.81. The quantitative estimate of drug-likeness (QED) is 0.909. The van der Waals surface area contributed by atoms with Gasteiger partial charge in [0.1, 0.15) is 6.07 Å². The predicted molar refractivity (Wildman–Crippen MR) is 75.5 cm³/mol. The lowest BCUT2D eigenvalue weighted by Crippen LogP contribution is -2.17. The van der Waals surface area contributed by atoms with E-state index in [1.165, 1.54) is 0 Å². The molecule has 1 N–H and O–H groups in total. The van der Waals surface area contributed by atoms with E-state index in [0.29, 0.717) is 11.3 Å². The van der Waals surface area contributed by atoms with Crippen molar-refractivity contribution in [2.24, 2.45) is 0 Å². The molecule has 17 heavy (non-hydrogen) atoms. The second-order valence-electron chi connectivity index (χ2n) is 3.92. The molecule has 0 aliphatic heterocycles. The van der Waals surface area contributed by atoms with Gasteiger partial charge >= 0.3 is 0 Å². The third-order valence-electron chi connectivity index (χ3n) is 2.34. The van der Waals surface area contributed by atoms with E-state index in [2.05, 4.69) is 34.2 Å². The maximum atomic E-state index is 11.0. The number of anilines is 1. The summed E-state index contributed by atoms with van der Waals surface area (Å²) in [6.45, 7) is 2.05. The third-order valence-corrected chi connectivity index (χ3v) is 3.81. The number of rotatable bonds is 5. The van der Waals surface area contributed by atoms with Gasteiger partial charge in [0.25, 0.3) is 0 Å². The second kappa shape index (κ2) is 6.77. The normalized spacial score (nSPS) is 13.8. The third kappa shape index (κ3) is 4.88. The summed E-state index contributed by atoms with van der Waals surface area (Å²) in [5, 5.41) is 12.1. The van der Waals surface area contributed by atoms with Gasteiger partial charge in [0.05, 0.1) is 5.56 Å². The smallest absolute Gasteiger partial charge is 0.100 e. The molecule has 2 unspecified atom stereocenters. The Kier molecular flexibility index (Phi) is 5.66. The van der Waals surface area contributed by atoms with E-state index in [-0.39, 0.29) is 6.04 Å². The van der Waals surface area contributed by atoms with Crippen LogP contribution >= 0.6 is 15.9 Å². The zero-order valence-electron chi connectivity index (χ0n) is 9.87. The zero-order valence-corrected chi connectivity index (χ0v) is 12.3. The minimum atomic E-state index is -0.746. The van der Waals surface area contributed by atoms with Crippen molar-refractivity contribution in [3.05, 3.63) is 28.2 Å². The fraction of sp³-hybridized carbons (Fsp3) is 0.417.